The molecule has 1 aliphatic heterocycles. The van der Waals surface area contributed by atoms with Crippen LogP contribution in [0.3, 0.4) is 0 Å². The quantitative estimate of drug-likeness (QED) is 0.680. The van der Waals surface area contributed by atoms with Crippen LogP contribution in [0.4, 0.5) is 5.69 Å². The Morgan fingerprint density at radius 1 is 1.41 bits per heavy atom. The van der Waals surface area contributed by atoms with Gasteiger partial charge in [0, 0.05) is 30.3 Å². The van der Waals surface area contributed by atoms with E-state index in [0.717, 1.165) is 31.2 Å². The van der Waals surface area contributed by atoms with E-state index in [2.05, 4.69) is 0 Å². The van der Waals surface area contributed by atoms with Gasteiger partial charge in [0.05, 0.1) is 4.92 Å². The number of nitro benzene ring substituents is 1. The summed E-state index contributed by atoms with van der Waals surface area (Å²) in [6.07, 6.45) is 3.81. The van der Waals surface area contributed by atoms with Crippen LogP contribution in [0.1, 0.15) is 41.6 Å². The molecular weight excluding hydrogens is 306 g/mol. The van der Waals surface area contributed by atoms with E-state index < -0.39 is 4.92 Å². The molecule has 0 aliphatic carbocycles. The van der Waals surface area contributed by atoms with Gasteiger partial charge in [0.1, 0.15) is 0 Å². The predicted octanol–water partition coefficient (Wildman–Crippen LogP) is 2.67. The van der Waals surface area contributed by atoms with Crippen molar-refractivity contribution < 1.29 is 9.72 Å². The number of nitro groups is 1. The Labute approximate surface area is 136 Å². The third kappa shape index (κ3) is 4.18. The van der Waals surface area contributed by atoms with Crippen LogP contribution in [-0.4, -0.2) is 34.9 Å². The summed E-state index contributed by atoms with van der Waals surface area (Å²) in [5.74, 6) is -0.125. The van der Waals surface area contributed by atoms with Gasteiger partial charge in [-0.3, -0.25) is 14.9 Å². The second kappa shape index (κ2) is 8.10. The molecule has 1 fully saturated rings. The van der Waals surface area contributed by atoms with Gasteiger partial charge in [-0.15, -0.1) is 12.4 Å². The summed E-state index contributed by atoms with van der Waals surface area (Å²) < 4.78 is 0. The van der Waals surface area contributed by atoms with Crippen LogP contribution >= 0.6 is 12.4 Å². The maximum absolute atomic E-state index is 12.7. The summed E-state index contributed by atoms with van der Waals surface area (Å²) in [5.41, 5.74) is 6.70. The molecule has 0 aromatic heterocycles. The molecule has 6 nitrogen and oxygen atoms in total. The van der Waals surface area contributed by atoms with Gasteiger partial charge >= 0.3 is 0 Å². The first-order chi connectivity index (χ1) is 10.0. The van der Waals surface area contributed by atoms with Crippen LogP contribution in [0, 0.1) is 17.0 Å². The van der Waals surface area contributed by atoms with Crippen LogP contribution in [0.2, 0.25) is 0 Å². The Bertz CT molecular complexity index is 549. The standard InChI is InChI=1S/C15H21N3O3.ClH/c1-11-8-12(10-14(9-11)18(20)21)15(19)17-7-3-2-4-13(17)5-6-16;/h8-10,13H,2-7,16H2,1H3;1H. The summed E-state index contributed by atoms with van der Waals surface area (Å²) in [4.78, 5) is 25.0. The molecule has 1 aromatic carbocycles. The first kappa shape index (κ1) is 18.4. The largest absolute Gasteiger partial charge is 0.336 e. The zero-order valence-corrected chi connectivity index (χ0v) is 13.5. The minimum absolute atomic E-state index is 0. The zero-order chi connectivity index (χ0) is 15.4. The minimum atomic E-state index is -0.461. The van der Waals surface area contributed by atoms with Crippen molar-refractivity contribution in [1.29, 1.82) is 0 Å². The number of likely N-dealkylation sites (tertiary alicyclic amines) is 1. The van der Waals surface area contributed by atoms with E-state index in [9.17, 15) is 14.9 Å². The van der Waals surface area contributed by atoms with E-state index in [1.54, 1.807) is 13.0 Å². The lowest BCUT2D eigenvalue weighted by molar-refractivity contribution is -0.384. The predicted molar refractivity (Wildman–Crippen MR) is 87.4 cm³/mol. The molecule has 1 amide bonds. The molecule has 0 saturated carbocycles. The molecule has 122 valence electrons. The molecule has 0 radical (unpaired) electrons. The molecule has 2 N–H and O–H groups in total. The van der Waals surface area contributed by atoms with Gasteiger partial charge in [-0.05, 0) is 50.8 Å². The maximum Gasteiger partial charge on any atom is 0.270 e. The first-order valence-electron chi connectivity index (χ1n) is 7.30. The molecule has 1 aliphatic rings. The normalized spacial score (nSPS) is 17.7. The van der Waals surface area contributed by atoms with Crippen LogP contribution < -0.4 is 5.73 Å². The molecule has 22 heavy (non-hydrogen) atoms. The average Bonchev–Trinajstić information content (AvgIpc) is 2.47. The van der Waals surface area contributed by atoms with Crippen molar-refractivity contribution in [3.8, 4) is 0 Å². The molecule has 1 aromatic rings. The van der Waals surface area contributed by atoms with Gasteiger partial charge in [-0.25, -0.2) is 0 Å². The van der Waals surface area contributed by atoms with Crippen molar-refractivity contribution in [2.45, 2.75) is 38.6 Å². The van der Waals surface area contributed by atoms with Crippen molar-refractivity contribution in [2.75, 3.05) is 13.1 Å². The number of hydrogen-bond acceptors (Lipinski definition) is 4. The number of carbonyl (C=O) groups is 1. The van der Waals surface area contributed by atoms with Crippen LogP contribution in [0.25, 0.3) is 0 Å². The molecule has 1 saturated heterocycles. The first-order valence-corrected chi connectivity index (χ1v) is 7.30. The second-order valence-corrected chi connectivity index (χ2v) is 5.54. The van der Waals surface area contributed by atoms with Gasteiger partial charge in [0.2, 0.25) is 0 Å². The second-order valence-electron chi connectivity index (χ2n) is 5.54. The highest BCUT2D eigenvalue weighted by atomic mass is 35.5. The molecule has 2 rings (SSSR count). The molecule has 1 atom stereocenters. The highest BCUT2D eigenvalue weighted by Crippen LogP contribution is 2.24. The fourth-order valence-corrected chi connectivity index (χ4v) is 2.92. The highest BCUT2D eigenvalue weighted by Gasteiger charge is 2.27. The van der Waals surface area contributed by atoms with Gasteiger partial charge < -0.3 is 10.6 Å². The number of rotatable bonds is 4. The smallest absolute Gasteiger partial charge is 0.270 e. The number of nitrogens with two attached hydrogens (primary N) is 1. The molecule has 1 unspecified atom stereocenters. The van der Waals surface area contributed by atoms with E-state index in [1.165, 1.54) is 12.1 Å². The molecule has 1 heterocycles. The summed E-state index contributed by atoms with van der Waals surface area (Å²) in [5, 5.41) is 10.9. The fourth-order valence-electron chi connectivity index (χ4n) is 2.92. The van der Waals surface area contributed by atoms with Crippen molar-refractivity contribution in [2.24, 2.45) is 5.73 Å². The van der Waals surface area contributed by atoms with E-state index >= 15 is 0 Å². The van der Waals surface area contributed by atoms with Crippen LogP contribution in [0.5, 0.6) is 0 Å². The number of benzene rings is 1. The van der Waals surface area contributed by atoms with E-state index in [1.807, 2.05) is 4.90 Å². The number of nitrogens with zero attached hydrogens (tertiary/aromatic N) is 2. The molecular formula is C15H22ClN3O3. The monoisotopic (exact) mass is 327 g/mol. The summed E-state index contributed by atoms with van der Waals surface area (Å²) in [6.45, 7) is 3.00. The lowest BCUT2D eigenvalue weighted by Gasteiger charge is -2.35. The van der Waals surface area contributed by atoms with E-state index in [4.69, 9.17) is 5.73 Å². The summed E-state index contributed by atoms with van der Waals surface area (Å²) in [7, 11) is 0. The van der Waals surface area contributed by atoms with Gasteiger partial charge in [-0.2, -0.15) is 0 Å². The molecule has 0 spiro atoms. The SMILES string of the molecule is Cc1cc(C(=O)N2CCCCC2CCN)cc([N+](=O)[O-])c1.Cl. The Balaban J connectivity index is 0.00000242. The van der Waals surface area contributed by atoms with Crippen LogP contribution in [-0.2, 0) is 0 Å². The van der Waals surface area contributed by atoms with Crippen molar-refractivity contribution in [3.05, 3.63) is 39.4 Å². The summed E-state index contributed by atoms with van der Waals surface area (Å²) in [6, 6.07) is 4.70. The third-order valence-electron chi connectivity index (χ3n) is 3.91. The van der Waals surface area contributed by atoms with Gasteiger partial charge in [0.25, 0.3) is 11.6 Å². The Hall–Kier alpha value is -1.66. The third-order valence-corrected chi connectivity index (χ3v) is 3.91. The number of amides is 1. The summed E-state index contributed by atoms with van der Waals surface area (Å²) >= 11 is 0. The van der Waals surface area contributed by atoms with Crippen molar-refractivity contribution in [1.82, 2.24) is 4.90 Å². The number of halogens is 1. The highest BCUT2D eigenvalue weighted by molar-refractivity contribution is 5.95. The lowest BCUT2D eigenvalue weighted by Crippen LogP contribution is -2.44. The lowest BCUT2D eigenvalue weighted by atomic mass is 9.98. The number of carbonyl (C=O) groups excluding carboxylic acids is 1. The molecule has 7 heteroatoms. The fraction of sp³-hybridized carbons (Fsp3) is 0.533. The zero-order valence-electron chi connectivity index (χ0n) is 12.7. The van der Waals surface area contributed by atoms with Crippen LogP contribution in [0.15, 0.2) is 18.2 Å². The molecule has 0 bridgehead atoms. The number of aryl methyl sites for hydroxylation is 1. The number of hydrogen-bond donors (Lipinski definition) is 1. The average molecular weight is 328 g/mol. The number of non-ortho nitro benzene ring substituents is 1. The Kier molecular flexibility index (Phi) is 6.77. The van der Waals surface area contributed by atoms with E-state index in [0.29, 0.717) is 18.7 Å². The maximum atomic E-state index is 12.7. The minimum Gasteiger partial charge on any atom is -0.336 e. The van der Waals surface area contributed by atoms with Crippen molar-refractivity contribution in [3.63, 3.8) is 0 Å². The van der Waals surface area contributed by atoms with Crippen molar-refractivity contribution >= 4 is 24.0 Å². The Morgan fingerprint density at radius 3 is 2.77 bits per heavy atom. The topological polar surface area (TPSA) is 89.5 Å². The van der Waals surface area contributed by atoms with Gasteiger partial charge in [0.15, 0.2) is 0 Å². The van der Waals surface area contributed by atoms with Gasteiger partial charge in [-0.1, -0.05) is 0 Å². The van der Waals surface area contributed by atoms with E-state index in [-0.39, 0.29) is 30.0 Å². The number of piperidine rings is 1. The Morgan fingerprint density at radius 2 is 2.14 bits per heavy atom.